The fourth-order valence-electron chi connectivity index (χ4n) is 1.32. The lowest BCUT2D eigenvalue weighted by atomic mass is 9.88. The van der Waals surface area contributed by atoms with Gasteiger partial charge in [0.05, 0.1) is 6.61 Å². The van der Waals surface area contributed by atoms with E-state index >= 15 is 0 Å². The van der Waals surface area contributed by atoms with Crippen molar-refractivity contribution in [1.29, 1.82) is 0 Å². The maximum absolute atomic E-state index is 9.02. The average Bonchev–Trinajstić information content (AvgIpc) is 1.99. The van der Waals surface area contributed by atoms with Crippen molar-refractivity contribution in [2.45, 2.75) is 46.6 Å². The van der Waals surface area contributed by atoms with E-state index in [-0.39, 0.29) is 12.0 Å². The summed E-state index contributed by atoms with van der Waals surface area (Å²) in [4.78, 5) is 0. The summed E-state index contributed by atoms with van der Waals surface area (Å²) >= 11 is 0. The molecule has 0 saturated heterocycles. The van der Waals surface area contributed by atoms with Crippen LogP contribution < -0.4 is 5.73 Å². The lowest BCUT2D eigenvalue weighted by molar-refractivity contribution is 0.191. The van der Waals surface area contributed by atoms with Crippen LogP contribution in [0.5, 0.6) is 0 Å². The first-order valence-electron chi connectivity index (χ1n) is 5.25. The lowest BCUT2D eigenvalue weighted by Gasteiger charge is -2.24. The Labute approximate surface area is 88.2 Å². The molecule has 0 spiro atoms. The molecular weight excluding hydrogens is 174 g/mol. The predicted octanol–water partition coefficient (Wildman–Crippen LogP) is 2.32. The van der Waals surface area contributed by atoms with Gasteiger partial charge in [-0.1, -0.05) is 39.8 Å². The molecule has 2 nitrogen and oxygen atoms in total. The van der Waals surface area contributed by atoms with E-state index in [0.29, 0.717) is 5.92 Å². The zero-order valence-electron chi connectivity index (χ0n) is 10.2. The van der Waals surface area contributed by atoms with E-state index in [4.69, 9.17) is 10.8 Å². The topological polar surface area (TPSA) is 46.2 Å². The molecular formula is C12H25NO. The van der Waals surface area contributed by atoms with E-state index in [1.807, 2.05) is 6.92 Å². The molecule has 0 amide bonds. The molecule has 0 aliphatic heterocycles. The number of hydrogen-bond acceptors (Lipinski definition) is 2. The summed E-state index contributed by atoms with van der Waals surface area (Å²) in [5, 5.41) is 9.02. The Morgan fingerprint density at radius 1 is 1.29 bits per heavy atom. The van der Waals surface area contributed by atoms with Gasteiger partial charge in [0.15, 0.2) is 0 Å². The third kappa shape index (κ3) is 7.10. The molecule has 0 radical (unpaired) electrons. The largest absolute Gasteiger partial charge is 0.394 e. The molecule has 3 N–H and O–H groups in total. The SMILES string of the molecule is CC(/C=C/C(C)(C)C)CC(C)(N)CO. The number of aliphatic hydroxyl groups excluding tert-OH is 1. The summed E-state index contributed by atoms with van der Waals surface area (Å²) in [7, 11) is 0. The maximum atomic E-state index is 9.02. The van der Waals surface area contributed by atoms with Gasteiger partial charge < -0.3 is 10.8 Å². The van der Waals surface area contributed by atoms with Gasteiger partial charge in [0.25, 0.3) is 0 Å². The normalized spacial score (nSPS) is 19.6. The molecule has 0 fully saturated rings. The van der Waals surface area contributed by atoms with Crippen molar-refractivity contribution in [3.63, 3.8) is 0 Å². The second kappa shape index (κ2) is 4.94. The van der Waals surface area contributed by atoms with Crippen molar-refractivity contribution in [2.24, 2.45) is 17.1 Å². The van der Waals surface area contributed by atoms with E-state index in [0.717, 1.165) is 6.42 Å². The second-order valence-electron chi connectivity index (χ2n) is 5.72. The standard InChI is InChI=1S/C12H25NO/c1-10(6-7-11(2,3)4)8-12(5,13)9-14/h6-7,10,14H,8-9,13H2,1-5H3/b7-6+. The second-order valence-corrected chi connectivity index (χ2v) is 5.72. The molecule has 0 heterocycles. The number of hydrogen-bond donors (Lipinski definition) is 2. The number of rotatable bonds is 4. The molecule has 84 valence electrons. The van der Waals surface area contributed by atoms with Crippen LogP contribution in [-0.4, -0.2) is 17.3 Å². The lowest BCUT2D eigenvalue weighted by Crippen LogP contribution is -2.41. The van der Waals surface area contributed by atoms with E-state index in [2.05, 4.69) is 39.8 Å². The highest BCUT2D eigenvalue weighted by molar-refractivity contribution is 4.97. The van der Waals surface area contributed by atoms with Crippen LogP contribution in [0.2, 0.25) is 0 Å². The van der Waals surface area contributed by atoms with Gasteiger partial charge >= 0.3 is 0 Å². The van der Waals surface area contributed by atoms with Crippen LogP contribution in [-0.2, 0) is 0 Å². The Balaban J connectivity index is 4.11. The molecule has 0 bridgehead atoms. The fourth-order valence-corrected chi connectivity index (χ4v) is 1.32. The summed E-state index contributed by atoms with van der Waals surface area (Å²) < 4.78 is 0. The number of allylic oxidation sites excluding steroid dienone is 2. The molecule has 0 aromatic heterocycles. The van der Waals surface area contributed by atoms with Crippen LogP contribution in [0.25, 0.3) is 0 Å². The van der Waals surface area contributed by atoms with Gasteiger partial charge in [-0.2, -0.15) is 0 Å². The van der Waals surface area contributed by atoms with Gasteiger partial charge in [-0.3, -0.25) is 0 Å². The smallest absolute Gasteiger partial charge is 0.0608 e. The first kappa shape index (κ1) is 13.7. The van der Waals surface area contributed by atoms with E-state index in [1.54, 1.807) is 0 Å². The van der Waals surface area contributed by atoms with E-state index in [1.165, 1.54) is 0 Å². The van der Waals surface area contributed by atoms with Crippen molar-refractivity contribution in [3.05, 3.63) is 12.2 Å². The van der Waals surface area contributed by atoms with Crippen molar-refractivity contribution < 1.29 is 5.11 Å². The van der Waals surface area contributed by atoms with Crippen LogP contribution in [0.1, 0.15) is 41.0 Å². The Morgan fingerprint density at radius 3 is 2.14 bits per heavy atom. The van der Waals surface area contributed by atoms with Crippen LogP contribution >= 0.6 is 0 Å². The molecule has 2 unspecified atom stereocenters. The van der Waals surface area contributed by atoms with Crippen molar-refractivity contribution >= 4 is 0 Å². The first-order chi connectivity index (χ1) is 6.16. The molecule has 14 heavy (non-hydrogen) atoms. The van der Waals surface area contributed by atoms with Gasteiger partial charge in [0, 0.05) is 5.54 Å². The molecule has 2 heteroatoms. The fraction of sp³-hybridized carbons (Fsp3) is 0.833. The third-order valence-electron chi connectivity index (χ3n) is 2.07. The first-order valence-corrected chi connectivity index (χ1v) is 5.25. The van der Waals surface area contributed by atoms with E-state index < -0.39 is 5.54 Å². The highest BCUT2D eigenvalue weighted by atomic mass is 16.3. The Bertz CT molecular complexity index is 189. The molecule has 0 rings (SSSR count). The van der Waals surface area contributed by atoms with Gasteiger partial charge in [-0.05, 0) is 24.7 Å². The zero-order valence-corrected chi connectivity index (χ0v) is 10.2. The molecule has 0 saturated carbocycles. The highest BCUT2D eigenvalue weighted by Gasteiger charge is 2.19. The number of aliphatic hydroxyl groups is 1. The third-order valence-corrected chi connectivity index (χ3v) is 2.07. The Hall–Kier alpha value is -0.340. The summed E-state index contributed by atoms with van der Waals surface area (Å²) in [6, 6.07) is 0. The van der Waals surface area contributed by atoms with Crippen LogP contribution in [0.4, 0.5) is 0 Å². The summed E-state index contributed by atoms with van der Waals surface area (Å²) in [6.07, 6.45) is 5.20. The summed E-state index contributed by atoms with van der Waals surface area (Å²) in [5.41, 5.74) is 5.64. The monoisotopic (exact) mass is 199 g/mol. The van der Waals surface area contributed by atoms with Gasteiger partial charge in [0.1, 0.15) is 0 Å². The molecule has 0 aliphatic carbocycles. The minimum absolute atomic E-state index is 0.0424. The number of nitrogens with two attached hydrogens (primary N) is 1. The van der Waals surface area contributed by atoms with Gasteiger partial charge in [-0.15, -0.1) is 0 Å². The minimum atomic E-state index is -0.457. The Morgan fingerprint density at radius 2 is 1.79 bits per heavy atom. The van der Waals surface area contributed by atoms with Crippen LogP contribution in [0.3, 0.4) is 0 Å². The molecule has 0 aliphatic rings. The van der Waals surface area contributed by atoms with Crippen LogP contribution in [0, 0.1) is 11.3 Å². The van der Waals surface area contributed by atoms with E-state index in [9.17, 15) is 0 Å². The summed E-state index contributed by atoms with van der Waals surface area (Å²) in [5.74, 6) is 0.413. The van der Waals surface area contributed by atoms with Crippen molar-refractivity contribution in [3.8, 4) is 0 Å². The van der Waals surface area contributed by atoms with Gasteiger partial charge in [0.2, 0.25) is 0 Å². The zero-order chi connectivity index (χ0) is 11.4. The van der Waals surface area contributed by atoms with Gasteiger partial charge in [-0.25, -0.2) is 0 Å². The van der Waals surface area contributed by atoms with Crippen molar-refractivity contribution in [1.82, 2.24) is 0 Å². The molecule has 0 aromatic rings. The molecule has 2 atom stereocenters. The average molecular weight is 199 g/mol. The maximum Gasteiger partial charge on any atom is 0.0608 e. The minimum Gasteiger partial charge on any atom is -0.394 e. The summed E-state index contributed by atoms with van der Waals surface area (Å²) in [6.45, 7) is 10.6. The Kier molecular flexibility index (Phi) is 4.82. The highest BCUT2D eigenvalue weighted by Crippen LogP contribution is 2.19. The predicted molar refractivity (Wildman–Crippen MR) is 62.1 cm³/mol. The molecule has 0 aromatic carbocycles. The van der Waals surface area contributed by atoms with Crippen molar-refractivity contribution in [2.75, 3.05) is 6.61 Å². The quantitative estimate of drug-likeness (QED) is 0.683. The van der Waals surface area contributed by atoms with Crippen LogP contribution in [0.15, 0.2) is 12.2 Å².